The molecular formula is C20H23FN6O2. The zero-order chi connectivity index (χ0) is 20.5. The van der Waals surface area contributed by atoms with Gasteiger partial charge in [0.05, 0.1) is 18.4 Å². The van der Waals surface area contributed by atoms with Gasteiger partial charge in [-0.2, -0.15) is 5.10 Å². The summed E-state index contributed by atoms with van der Waals surface area (Å²) in [5, 5.41) is 8.14. The van der Waals surface area contributed by atoms with Crippen LogP contribution < -0.4 is 10.2 Å². The number of benzene rings is 1. The molecule has 1 aliphatic rings. The smallest absolute Gasteiger partial charge is 0.246 e. The van der Waals surface area contributed by atoms with E-state index >= 15 is 0 Å². The van der Waals surface area contributed by atoms with Gasteiger partial charge in [-0.3, -0.25) is 14.5 Å². The lowest BCUT2D eigenvalue weighted by atomic mass is 10.1. The molecule has 0 unspecified atom stereocenters. The van der Waals surface area contributed by atoms with Gasteiger partial charge in [-0.15, -0.1) is 0 Å². The van der Waals surface area contributed by atoms with Crippen LogP contribution in [-0.2, 0) is 18.4 Å². The van der Waals surface area contributed by atoms with Gasteiger partial charge in [-0.05, 0) is 25.1 Å². The van der Waals surface area contributed by atoms with Crippen LogP contribution in [0.1, 0.15) is 11.3 Å². The third-order valence-electron chi connectivity index (χ3n) is 5.14. The second kappa shape index (κ2) is 7.57. The average molecular weight is 398 g/mol. The van der Waals surface area contributed by atoms with Crippen molar-refractivity contribution in [2.75, 3.05) is 31.6 Å². The molecule has 3 aromatic rings. The van der Waals surface area contributed by atoms with E-state index in [1.807, 2.05) is 25.1 Å². The maximum atomic E-state index is 13.5. The molecular weight excluding hydrogens is 375 g/mol. The summed E-state index contributed by atoms with van der Waals surface area (Å²) in [4.78, 5) is 20.6. The van der Waals surface area contributed by atoms with Gasteiger partial charge in [0.25, 0.3) is 0 Å². The third-order valence-corrected chi connectivity index (χ3v) is 5.14. The van der Waals surface area contributed by atoms with Crippen LogP contribution in [0.4, 0.5) is 10.1 Å². The zero-order valence-electron chi connectivity index (χ0n) is 16.6. The predicted molar refractivity (Wildman–Crippen MR) is 108 cm³/mol. The monoisotopic (exact) mass is 398 g/mol. The van der Waals surface area contributed by atoms with Gasteiger partial charge in [-0.25, -0.2) is 4.39 Å². The van der Waals surface area contributed by atoms with Gasteiger partial charge in [-0.1, -0.05) is 0 Å². The summed E-state index contributed by atoms with van der Waals surface area (Å²) in [5.41, 5.74) is 2.33. The number of nitrogens with zero attached hydrogens (tertiary/aromatic N) is 5. The van der Waals surface area contributed by atoms with Gasteiger partial charge in [0.15, 0.2) is 5.96 Å². The van der Waals surface area contributed by atoms with E-state index in [0.29, 0.717) is 36.9 Å². The van der Waals surface area contributed by atoms with E-state index < -0.39 is 0 Å². The first-order chi connectivity index (χ1) is 14.0. The molecule has 2 aromatic heterocycles. The fourth-order valence-electron chi connectivity index (χ4n) is 3.58. The number of amides is 1. The number of aromatic nitrogens is 2. The predicted octanol–water partition coefficient (Wildman–Crippen LogP) is 2.04. The highest BCUT2D eigenvalue weighted by molar-refractivity contribution is 5.98. The third kappa shape index (κ3) is 3.67. The van der Waals surface area contributed by atoms with E-state index in [0.717, 1.165) is 16.6 Å². The Kier molecular flexibility index (Phi) is 4.96. The lowest BCUT2D eigenvalue weighted by Gasteiger charge is -2.35. The summed E-state index contributed by atoms with van der Waals surface area (Å²) in [7, 11) is 3.51. The first-order valence-corrected chi connectivity index (χ1v) is 9.38. The minimum atomic E-state index is -0.290. The number of hydrogen-bond donors (Lipinski definition) is 1. The molecule has 1 amide bonds. The molecule has 0 aliphatic carbocycles. The van der Waals surface area contributed by atoms with Gasteiger partial charge in [0.1, 0.15) is 23.7 Å². The number of carbonyl (C=O) groups is 1. The highest BCUT2D eigenvalue weighted by Gasteiger charge is 2.27. The molecule has 1 aromatic carbocycles. The fourth-order valence-corrected chi connectivity index (χ4v) is 3.58. The normalized spacial score (nSPS) is 15.4. The molecule has 0 spiro atoms. The minimum absolute atomic E-state index is 0.0115. The Hall–Kier alpha value is -3.36. The Balaban J connectivity index is 1.43. The largest absolute Gasteiger partial charge is 0.459 e. The number of hydrogen-bond acceptors (Lipinski definition) is 4. The van der Waals surface area contributed by atoms with Crippen LogP contribution in [0.3, 0.4) is 0 Å². The summed E-state index contributed by atoms with van der Waals surface area (Å²) in [6.45, 7) is 3.71. The summed E-state index contributed by atoms with van der Waals surface area (Å²) < 4.78 is 21.0. The summed E-state index contributed by atoms with van der Waals surface area (Å²) in [5.74, 6) is 1.03. The Morgan fingerprint density at radius 1 is 1.38 bits per heavy atom. The van der Waals surface area contributed by atoms with Gasteiger partial charge >= 0.3 is 0 Å². The lowest BCUT2D eigenvalue weighted by Crippen LogP contribution is -2.55. The number of piperazine rings is 1. The molecule has 1 N–H and O–H groups in total. The van der Waals surface area contributed by atoms with Crippen LogP contribution in [0, 0.1) is 12.7 Å². The number of carbonyl (C=O) groups excluding carboxylic acids is 1. The second-order valence-electron chi connectivity index (χ2n) is 7.03. The Bertz CT molecular complexity index is 1090. The molecule has 29 heavy (non-hydrogen) atoms. The van der Waals surface area contributed by atoms with Gasteiger partial charge in [0, 0.05) is 44.3 Å². The van der Waals surface area contributed by atoms with Crippen molar-refractivity contribution < 1.29 is 13.6 Å². The number of aliphatic imine (C=N–C) groups is 1. The van der Waals surface area contributed by atoms with Crippen molar-refractivity contribution in [1.82, 2.24) is 20.0 Å². The van der Waals surface area contributed by atoms with Crippen LogP contribution in [0.2, 0.25) is 0 Å². The van der Waals surface area contributed by atoms with Crippen molar-refractivity contribution in [2.24, 2.45) is 12.0 Å². The zero-order valence-corrected chi connectivity index (χ0v) is 16.6. The summed E-state index contributed by atoms with van der Waals surface area (Å²) >= 11 is 0. The van der Waals surface area contributed by atoms with E-state index in [1.165, 1.54) is 12.1 Å². The van der Waals surface area contributed by atoms with E-state index in [9.17, 15) is 9.18 Å². The van der Waals surface area contributed by atoms with Gasteiger partial charge < -0.3 is 19.5 Å². The molecule has 8 nitrogen and oxygen atoms in total. The molecule has 9 heteroatoms. The van der Waals surface area contributed by atoms with Crippen LogP contribution in [0.25, 0.3) is 11.0 Å². The molecule has 0 atom stereocenters. The molecule has 1 aliphatic heterocycles. The Morgan fingerprint density at radius 3 is 2.90 bits per heavy atom. The van der Waals surface area contributed by atoms with Crippen molar-refractivity contribution in [3.8, 4) is 0 Å². The van der Waals surface area contributed by atoms with Crippen LogP contribution >= 0.6 is 0 Å². The Labute approximate surface area is 167 Å². The average Bonchev–Trinajstić information content (AvgIpc) is 3.26. The number of nitrogens with one attached hydrogen (secondary N) is 1. The number of furan rings is 1. The molecule has 0 radical (unpaired) electrons. The molecule has 3 heterocycles. The maximum Gasteiger partial charge on any atom is 0.246 e. The van der Waals surface area contributed by atoms with Crippen molar-refractivity contribution >= 4 is 28.5 Å². The first-order valence-electron chi connectivity index (χ1n) is 9.38. The van der Waals surface area contributed by atoms with E-state index in [-0.39, 0.29) is 18.3 Å². The van der Waals surface area contributed by atoms with Crippen LogP contribution in [-0.4, -0.2) is 53.2 Å². The summed E-state index contributed by atoms with van der Waals surface area (Å²) in [6.07, 6.45) is 3.52. The molecule has 1 saturated heterocycles. The number of aryl methyl sites for hydroxylation is 2. The standard InChI is InChI=1S/C20H23FN6O2/c1-13-16-8-14(21)4-5-17(16)29-18(13)10-23-20(22-2)26-6-7-27(19(28)12-26)15-9-24-25(3)11-15/h4-5,8-9,11H,6-7,10,12H2,1-3H3,(H,22,23). The molecule has 4 rings (SSSR count). The first kappa shape index (κ1) is 19.0. The van der Waals surface area contributed by atoms with Crippen molar-refractivity contribution in [3.63, 3.8) is 0 Å². The number of anilines is 1. The lowest BCUT2D eigenvalue weighted by molar-refractivity contribution is -0.120. The summed E-state index contributed by atoms with van der Waals surface area (Å²) in [6, 6.07) is 4.49. The number of fused-ring (bicyclic) bond motifs is 1. The molecule has 152 valence electrons. The van der Waals surface area contributed by atoms with Crippen molar-refractivity contribution in [1.29, 1.82) is 0 Å². The van der Waals surface area contributed by atoms with Crippen LogP contribution in [0.5, 0.6) is 0 Å². The topological polar surface area (TPSA) is 78.9 Å². The second-order valence-corrected chi connectivity index (χ2v) is 7.03. The minimum Gasteiger partial charge on any atom is -0.459 e. The molecule has 0 saturated carbocycles. The molecule has 1 fully saturated rings. The maximum absolute atomic E-state index is 13.5. The SMILES string of the molecule is CN=C(NCc1oc2ccc(F)cc2c1C)N1CCN(c2cnn(C)c2)C(=O)C1. The number of rotatable bonds is 3. The highest BCUT2D eigenvalue weighted by Crippen LogP contribution is 2.26. The quantitative estimate of drug-likeness (QED) is 0.540. The number of halogens is 1. The van der Waals surface area contributed by atoms with E-state index in [2.05, 4.69) is 15.4 Å². The van der Waals surface area contributed by atoms with Crippen molar-refractivity contribution in [3.05, 3.63) is 47.7 Å². The molecule has 0 bridgehead atoms. The van der Waals surface area contributed by atoms with Crippen LogP contribution in [0.15, 0.2) is 40.0 Å². The van der Waals surface area contributed by atoms with E-state index in [4.69, 9.17) is 4.42 Å². The number of guanidine groups is 1. The van der Waals surface area contributed by atoms with Crippen molar-refractivity contribution in [2.45, 2.75) is 13.5 Å². The highest BCUT2D eigenvalue weighted by atomic mass is 19.1. The fraction of sp³-hybridized carbons (Fsp3) is 0.350. The Morgan fingerprint density at radius 2 is 2.21 bits per heavy atom. The van der Waals surface area contributed by atoms with Gasteiger partial charge in [0.2, 0.25) is 5.91 Å². The van der Waals surface area contributed by atoms with E-state index in [1.54, 1.807) is 28.9 Å².